The molecule has 4 atom stereocenters. The second-order valence-electron chi connectivity index (χ2n) is 8.26. The van der Waals surface area contributed by atoms with E-state index in [2.05, 4.69) is 28.2 Å². The fourth-order valence-corrected chi connectivity index (χ4v) is 5.64. The zero-order chi connectivity index (χ0) is 19.3. The zero-order valence-electron chi connectivity index (χ0n) is 15.9. The molecule has 2 bridgehead atoms. The number of fused-ring (bicyclic) bond motifs is 1. The van der Waals surface area contributed by atoms with E-state index in [4.69, 9.17) is 16.3 Å². The number of hydrogen-bond acceptors (Lipinski definition) is 4. The van der Waals surface area contributed by atoms with Gasteiger partial charge in [0, 0.05) is 49.6 Å². The number of carbonyl (C=O) groups excluding carboxylic acids is 1. The maximum absolute atomic E-state index is 12.6. The molecule has 4 heterocycles. The van der Waals surface area contributed by atoms with E-state index in [1.165, 1.54) is 11.3 Å². The number of anilines is 1. The number of benzene rings is 1. The Kier molecular flexibility index (Phi) is 4.33. The molecule has 1 aromatic carbocycles. The minimum absolute atomic E-state index is 0.0693. The first-order valence-electron chi connectivity index (χ1n) is 9.93. The Hall–Kier alpha value is -2.11. The zero-order valence-corrected chi connectivity index (χ0v) is 16.7. The lowest BCUT2D eigenvalue weighted by Gasteiger charge is -2.29. The number of ether oxygens (including phenoxy) is 1. The number of rotatable bonds is 4. The van der Waals surface area contributed by atoms with Crippen molar-refractivity contribution in [2.24, 2.45) is 11.8 Å². The van der Waals surface area contributed by atoms with Crippen LogP contribution in [0.2, 0.25) is 5.02 Å². The highest BCUT2D eigenvalue weighted by Gasteiger charge is 2.63. The maximum atomic E-state index is 12.6. The van der Waals surface area contributed by atoms with E-state index in [0.29, 0.717) is 29.0 Å². The summed E-state index contributed by atoms with van der Waals surface area (Å²) in [5.74, 6) is 0.667. The molecule has 0 unspecified atom stereocenters. The highest BCUT2D eigenvalue weighted by Crippen LogP contribution is 2.55. The highest BCUT2D eigenvalue weighted by atomic mass is 35.5. The number of carbonyl (C=O) groups is 1. The van der Waals surface area contributed by atoms with Crippen molar-refractivity contribution in [1.29, 1.82) is 0 Å². The van der Waals surface area contributed by atoms with Crippen LogP contribution in [0.1, 0.15) is 28.8 Å². The number of nitrogens with one attached hydrogen (secondary N) is 1. The number of nitrogens with zero attached hydrogens (tertiary/aromatic N) is 2. The Morgan fingerprint density at radius 1 is 1.39 bits per heavy atom. The monoisotopic (exact) mass is 397 g/mol. The normalized spacial score (nSPS) is 30.5. The van der Waals surface area contributed by atoms with Gasteiger partial charge in [-0.15, -0.1) is 0 Å². The van der Waals surface area contributed by atoms with Crippen LogP contribution in [0, 0.1) is 18.8 Å². The van der Waals surface area contributed by atoms with Crippen molar-refractivity contribution in [3.63, 3.8) is 0 Å². The Balaban J connectivity index is 1.31. The van der Waals surface area contributed by atoms with Crippen LogP contribution in [-0.4, -0.2) is 42.2 Å². The van der Waals surface area contributed by atoms with Gasteiger partial charge in [0.05, 0.1) is 22.3 Å². The third-order valence-electron chi connectivity index (χ3n) is 6.73. The third kappa shape index (κ3) is 2.80. The van der Waals surface area contributed by atoms with Crippen molar-refractivity contribution in [2.75, 3.05) is 24.5 Å². The molecule has 5 nitrogen and oxygen atoms in total. The predicted molar refractivity (Wildman–Crippen MR) is 109 cm³/mol. The molecule has 1 spiro atoms. The molecule has 1 N–H and O–H groups in total. The second kappa shape index (κ2) is 6.75. The Morgan fingerprint density at radius 3 is 3.07 bits per heavy atom. The number of pyridine rings is 1. The van der Waals surface area contributed by atoms with Crippen molar-refractivity contribution >= 4 is 23.2 Å². The molecule has 3 aliphatic heterocycles. The van der Waals surface area contributed by atoms with Crippen LogP contribution in [0.4, 0.5) is 5.69 Å². The van der Waals surface area contributed by atoms with Crippen LogP contribution in [0.3, 0.4) is 0 Å². The maximum Gasteiger partial charge on any atom is 0.252 e. The lowest BCUT2D eigenvalue weighted by molar-refractivity contribution is 0.0141. The molecule has 3 saturated heterocycles. The van der Waals surface area contributed by atoms with Crippen molar-refractivity contribution in [3.05, 3.63) is 58.9 Å². The molecular formula is C22H24ClN3O2. The molecule has 3 aliphatic rings. The largest absolute Gasteiger partial charge is 0.369 e. The molecule has 2 aromatic rings. The van der Waals surface area contributed by atoms with E-state index in [1.54, 1.807) is 12.1 Å². The average molecular weight is 398 g/mol. The number of aromatic nitrogens is 1. The van der Waals surface area contributed by atoms with Gasteiger partial charge in [0.15, 0.2) is 0 Å². The predicted octanol–water partition coefficient (Wildman–Crippen LogP) is 3.46. The summed E-state index contributed by atoms with van der Waals surface area (Å²) in [5.41, 5.74) is 2.89. The summed E-state index contributed by atoms with van der Waals surface area (Å²) in [5, 5.41) is 3.60. The van der Waals surface area contributed by atoms with Gasteiger partial charge in [-0.05, 0) is 43.5 Å². The van der Waals surface area contributed by atoms with E-state index in [1.807, 2.05) is 24.5 Å². The molecule has 28 heavy (non-hydrogen) atoms. The van der Waals surface area contributed by atoms with Gasteiger partial charge >= 0.3 is 0 Å². The van der Waals surface area contributed by atoms with Gasteiger partial charge < -0.3 is 15.0 Å². The van der Waals surface area contributed by atoms with Gasteiger partial charge in [0.2, 0.25) is 0 Å². The van der Waals surface area contributed by atoms with Crippen molar-refractivity contribution in [1.82, 2.24) is 10.3 Å². The minimum atomic E-state index is -0.109. The van der Waals surface area contributed by atoms with Crippen LogP contribution < -0.4 is 10.2 Å². The van der Waals surface area contributed by atoms with Gasteiger partial charge in [-0.3, -0.25) is 9.78 Å². The Labute approximate surface area is 170 Å². The molecular weight excluding hydrogens is 374 g/mol. The molecule has 6 heteroatoms. The fourth-order valence-electron chi connectivity index (χ4n) is 5.42. The molecule has 3 fully saturated rings. The fraction of sp³-hybridized carbons (Fsp3) is 0.455. The van der Waals surface area contributed by atoms with Gasteiger partial charge in [-0.25, -0.2) is 0 Å². The number of aryl methyl sites for hydroxylation is 1. The summed E-state index contributed by atoms with van der Waals surface area (Å²) in [6, 6.07) is 9.27. The van der Waals surface area contributed by atoms with E-state index in [0.717, 1.165) is 25.9 Å². The van der Waals surface area contributed by atoms with Gasteiger partial charge in [0.25, 0.3) is 5.91 Å². The Bertz CT molecular complexity index is 920. The summed E-state index contributed by atoms with van der Waals surface area (Å²) in [6.07, 6.45) is 6.20. The van der Waals surface area contributed by atoms with Crippen LogP contribution >= 0.6 is 11.6 Å². The van der Waals surface area contributed by atoms with Crippen molar-refractivity contribution < 1.29 is 9.53 Å². The average Bonchev–Trinajstić information content (AvgIpc) is 3.35. The summed E-state index contributed by atoms with van der Waals surface area (Å²) in [4.78, 5) is 19.2. The van der Waals surface area contributed by atoms with E-state index >= 15 is 0 Å². The second-order valence-corrected chi connectivity index (χ2v) is 8.67. The first-order chi connectivity index (χ1) is 13.6. The molecule has 1 aromatic heterocycles. The quantitative estimate of drug-likeness (QED) is 0.858. The van der Waals surface area contributed by atoms with Crippen molar-refractivity contribution in [3.8, 4) is 0 Å². The first kappa shape index (κ1) is 18.0. The first-order valence-corrected chi connectivity index (χ1v) is 10.3. The summed E-state index contributed by atoms with van der Waals surface area (Å²) >= 11 is 6.17. The van der Waals surface area contributed by atoms with Crippen LogP contribution in [0.25, 0.3) is 0 Å². The third-order valence-corrected chi connectivity index (χ3v) is 7.06. The lowest BCUT2D eigenvalue weighted by atomic mass is 9.73. The number of hydrogen-bond donors (Lipinski definition) is 1. The minimum Gasteiger partial charge on any atom is -0.369 e. The molecule has 146 valence electrons. The SMILES string of the molecule is Cc1cnccc1N1C[C@@H]2[C@H](CNC(=O)c3ccccc3Cl)[C@H]3CC[C@]2(C1)O3. The van der Waals surface area contributed by atoms with E-state index in [9.17, 15) is 4.79 Å². The standard InChI is InChI=1S/C22H24ClN3O2/c1-14-10-24-9-7-19(14)26-12-17-16(20-6-8-22(17,13-26)28-20)11-25-21(27)15-4-2-3-5-18(15)23/h2-5,7,9-10,16-17,20H,6,8,11-13H2,1H3,(H,25,27)/t16-,17+,20+,22+/m0/s1. The number of halogens is 1. The van der Waals surface area contributed by atoms with Crippen LogP contribution in [0.15, 0.2) is 42.7 Å². The van der Waals surface area contributed by atoms with E-state index < -0.39 is 0 Å². The summed E-state index contributed by atoms with van der Waals surface area (Å²) in [7, 11) is 0. The summed E-state index contributed by atoms with van der Waals surface area (Å²) < 4.78 is 6.52. The number of amides is 1. The van der Waals surface area contributed by atoms with Crippen molar-refractivity contribution in [2.45, 2.75) is 31.5 Å². The molecule has 0 radical (unpaired) electrons. The van der Waals surface area contributed by atoms with E-state index in [-0.39, 0.29) is 17.6 Å². The van der Waals surface area contributed by atoms with Gasteiger partial charge in [-0.1, -0.05) is 23.7 Å². The smallest absolute Gasteiger partial charge is 0.252 e. The summed E-state index contributed by atoms with van der Waals surface area (Å²) in [6.45, 7) is 4.62. The van der Waals surface area contributed by atoms with Gasteiger partial charge in [-0.2, -0.15) is 0 Å². The molecule has 0 saturated carbocycles. The molecule has 1 amide bonds. The molecule has 0 aliphatic carbocycles. The molecule has 5 rings (SSSR count). The topological polar surface area (TPSA) is 54.5 Å². The van der Waals surface area contributed by atoms with Crippen LogP contribution in [-0.2, 0) is 4.74 Å². The Morgan fingerprint density at radius 2 is 2.25 bits per heavy atom. The highest BCUT2D eigenvalue weighted by molar-refractivity contribution is 6.33. The van der Waals surface area contributed by atoms with Crippen LogP contribution in [0.5, 0.6) is 0 Å². The van der Waals surface area contributed by atoms with Gasteiger partial charge in [0.1, 0.15) is 0 Å². The lowest BCUT2D eigenvalue weighted by Crippen LogP contribution is -2.41.